The van der Waals surface area contributed by atoms with Gasteiger partial charge in [-0.3, -0.25) is 0 Å². The number of urea groups is 1. The molecule has 0 aliphatic rings. The Morgan fingerprint density at radius 2 is 1.47 bits per heavy atom. The first-order chi connectivity index (χ1) is 15.4. The molecule has 1 aromatic heterocycles. The molecule has 2 aromatic carbocycles. The number of halogens is 1. The van der Waals surface area contributed by atoms with E-state index in [9.17, 15) is 9.18 Å². The molecule has 1 heterocycles. The van der Waals surface area contributed by atoms with E-state index in [0.29, 0.717) is 40.0 Å². The van der Waals surface area contributed by atoms with Crippen molar-refractivity contribution in [2.75, 3.05) is 32.0 Å². The first-order valence-electron chi connectivity index (χ1n) is 9.51. The van der Waals surface area contributed by atoms with Gasteiger partial charge in [-0.15, -0.1) is 0 Å². The smallest absolute Gasteiger partial charge is 0.323 e. The fourth-order valence-electron chi connectivity index (χ4n) is 2.97. The van der Waals surface area contributed by atoms with Crippen molar-refractivity contribution in [3.8, 4) is 29.0 Å². The van der Waals surface area contributed by atoms with Gasteiger partial charge in [-0.2, -0.15) is 9.97 Å². The maximum absolute atomic E-state index is 13.8. The van der Waals surface area contributed by atoms with Crippen LogP contribution in [-0.4, -0.2) is 37.3 Å². The number of para-hydroxylation sites is 1. The lowest BCUT2D eigenvalue weighted by molar-refractivity contribution is 0.262. The van der Waals surface area contributed by atoms with Crippen LogP contribution in [0.4, 0.5) is 20.6 Å². The molecule has 2 N–H and O–H groups in total. The molecule has 9 nitrogen and oxygen atoms in total. The zero-order valence-corrected chi connectivity index (χ0v) is 18.3. The highest BCUT2D eigenvalue weighted by Crippen LogP contribution is 2.40. The summed E-state index contributed by atoms with van der Waals surface area (Å²) >= 11 is 0. The third-order valence-electron chi connectivity index (χ3n) is 4.45. The number of nitrogens with one attached hydrogen (secondary N) is 2. The lowest BCUT2D eigenvalue weighted by Gasteiger charge is -2.16. The Morgan fingerprint density at radius 1 is 0.875 bits per heavy atom. The van der Waals surface area contributed by atoms with E-state index in [-0.39, 0.29) is 11.8 Å². The van der Waals surface area contributed by atoms with Crippen LogP contribution in [0, 0.1) is 19.7 Å². The summed E-state index contributed by atoms with van der Waals surface area (Å²) in [5.41, 5.74) is 1.72. The van der Waals surface area contributed by atoms with Gasteiger partial charge in [0.15, 0.2) is 23.1 Å². The average molecular weight is 442 g/mol. The summed E-state index contributed by atoms with van der Waals surface area (Å²) in [7, 11) is 4.46. The second kappa shape index (κ2) is 9.82. The topological polar surface area (TPSA) is 104 Å². The number of carbonyl (C=O) groups excluding carboxylic acids is 1. The van der Waals surface area contributed by atoms with Gasteiger partial charge in [0.1, 0.15) is 0 Å². The molecule has 0 aliphatic carbocycles. The molecular formula is C22H23FN4O5. The molecule has 0 spiro atoms. The lowest BCUT2D eigenvalue weighted by atomic mass is 10.2. The number of carbonyl (C=O) groups is 1. The van der Waals surface area contributed by atoms with E-state index in [1.165, 1.54) is 33.5 Å². The monoisotopic (exact) mass is 442 g/mol. The number of aromatic nitrogens is 2. The van der Waals surface area contributed by atoms with Crippen LogP contribution in [0.2, 0.25) is 0 Å². The molecule has 32 heavy (non-hydrogen) atoms. The number of anilines is 2. The van der Waals surface area contributed by atoms with Crippen molar-refractivity contribution < 1.29 is 28.1 Å². The minimum absolute atomic E-state index is 0.00662. The number of benzene rings is 2. The summed E-state index contributed by atoms with van der Waals surface area (Å²) < 4.78 is 35.1. The van der Waals surface area contributed by atoms with Gasteiger partial charge in [-0.1, -0.05) is 12.1 Å². The maximum atomic E-state index is 13.8. The highest BCUT2D eigenvalue weighted by atomic mass is 19.1. The molecule has 0 radical (unpaired) electrons. The van der Waals surface area contributed by atoms with E-state index < -0.39 is 11.8 Å². The van der Waals surface area contributed by atoms with E-state index in [1.807, 2.05) is 0 Å². The van der Waals surface area contributed by atoms with E-state index in [1.54, 1.807) is 38.1 Å². The number of hydrogen-bond acceptors (Lipinski definition) is 7. The Hall–Kier alpha value is -4.08. The number of ether oxygens (including phenoxy) is 4. The van der Waals surface area contributed by atoms with Gasteiger partial charge in [0.05, 0.1) is 44.1 Å². The Kier molecular flexibility index (Phi) is 6.93. The van der Waals surface area contributed by atoms with Gasteiger partial charge in [0.25, 0.3) is 0 Å². The Bertz CT molecular complexity index is 1090. The second-order valence-electron chi connectivity index (χ2n) is 6.58. The molecule has 168 valence electrons. The van der Waals surface area contributed by atoms with Crippen molar-refractivity contribution in [1.82, 2.24) is 9.97 Å². The highest BCUT2D eigenvalue weighted by Gasteiger charge is 2.17. The number of amides is 2. The fraction of sp³-hybridized carbons (Fsp3) is 0.227. The summed E-state index contributed by atoms with van der Waals surface area (Å²) in [6.45, 7) is 3.36. The van der Waals surface area contributed by atoms with E-state index >= 15 is 0 Å². The molecule has 0 atom stereocenters. The van der Waals surface area contributed by atoms with Crippen molar-refractivity contribution >= 4 is 17.4 Å². The third kappa shape index (κ3) is 4.97. The normalized spacial score (nSPS) is 10.3. The SMILES string of the molecule is COc1cc(NC(=O)Nc2c(C)nc(Oc3ccccc3F)nc2C)cc(OC)c1OC. The van der Waals surface area contributed by atoms with Gasteiger partial charge >= 0.3 is 12.0 Å². The maximum Gasteiger partial charge on any atom is 0.323 e. The molecule has 0 saturated heterocycles. The molecule has 0 bridgehead atoms. The number of methoxy groups -OCH3 is 3. The van der Waals surface area contributed by atoms with Crippen LogP contribution in [0.3, 0.4) is 0 Å². The lowest BCUT2D eigenvalue weighted by Crippen LogP contribution is -2.21. The van der Waals surface area contributed by atoms with Crippen LogP contribution in [0.15, 0.2) is 36.4 Å². The van der Waals surface area contributed by atoms with Crippen LogP contribution in [-0.2, 0) is 0 Å². The van der Waals surface area contributed by atoms with Gasteiger partial charge < -0.3 is 29.6 Å². The molecule has 0 aliphatic heterocycles. The van der Waals surface area contributed by atoms with Crippen LogP contribution in [0.1, 0.15) is 11.4 Å². The van der Waals surface area contributed by atoms with E-state index in [0.717, 1.165) is 0 Å². The van der Waals surface area contributed by atoms with Crippen LogP contribution < -0.4 is 29.6 Å². The molecule has 0 unspecified atom stereocenters. The van der Waals surface area contributed by atoms with Gasteiger partial charge in [0, 0.05) is 12.1 Å². The number of aryl methyl sites for hydroxylation is 2. The summed E-state index contributed by atoms with van der Waals surface area (Å²) in [5, 5.41) is 5.42. The van der Waals surface area contributed by atoms with Gasteiger partial charge in [-0.25, -0.2) is 9.18 Å². The van der Waals surface area contributed by atoms with Crippen molar-refractivity contribution in [2.45, 2.75) is 13.8 Å². The molecular weight excluding hydrogens is 419 g/mol. The molecule has 3 rings (SSSR count). The van der Waals surface area contributed by atoms with Crippen molar-refractivity contribution in [3.63, 3.8) is 0 Å². The summed E-state index contributed by atoms with van der Waals surface area (Å²) in [4.78, 5) is 21.0. The molecule has 3 aromatic rings. The van der Waals surface area contributed by atoms with Gasteiger partial charge in [0.2, 0.25) is 5.75 Å². The largest absolute Gasteiger partial charge is 0.493 e. The zero-order chi connectivity index (χ0) is 23.3. The fourth-order valence-corrected chi connectivity index (χ4v) is 2.97. The van der Waals surface area contributed by atoms with Crippen molar-refractivity contribution in [3.05, 3.63) is 53.6 Å². The Labute approximate surface area is 184 Å². The van der Waals surface area contributed by atoms with E-state index in [2.05, 4.69) is 20.6 Å². The molecule has 2 amide bonds. The predicted molar refractivity (Wildman–Crippen MR) is 117 cm³/mol. The quantitative estimate of drug-likeness (QED) is 0.547. The van der Waals surface area contributed by atoms with Gasteiger partial charge in [-0.05, 0) is 26.0 Å². The van der Waals surface area contributed by atoms with Crippen LogP contribution >= 0.6 is 0 Å². The minimum atomic E-state index is -0.531. The van der Waals surface area contributed by atoms with Crippen LogP contribution in [0.5, 0.6) is 29.0 Å². The predicted octanol–water partition coefficient (Wildman–Crippen LogP) is 4.69. The zero-order valence-electron chi connectivity index (χ0n) is 18.3. The minimum Gasteiger partial charge on any atom is -0.493 e. The van der Waals surface area contributed by atoms with Crippen molar-refractivity contribution in [1.29, 1.82) is 0 Å². The second-order valence-corrected chi connectivity index (χ2v) is 6.58. The Morgan fingerprint density at radius 3 is 2.00 bits per heavy atom. The molecule has 10 heteroatoms. The standard InChI is InChI=1S/C22H23FN4O5/c1-12-19(13(2)25-22(24-12)32-16-9-7-6-8-15(16)23)27-21(28)26-14-10-17(29-3)20(31-5)18(11-14)30-4/h6-11H,1-5H3,(H2,26,27,28). The first kappa shape index (κ1) is 22.6. The number of nitrogens with zero attached hydrogens (tertiary/aromatic N) is 2. The van der Waals surface area contributed by atoms with Crippen molar-refractivity contribution in [2.24, 2.45) is 0 Å². The third-order valence-corrected chi connectivity index (χ3v) is 4.45. The highest BCUT2D eigenvalue weighted by molar-refractivity contribution is 6.00. The summed E-state index contributed by atoms with van der Waals surface area (Å²) in [5.74, 6) is 0.678. The summed E-state index contributed by atoms with van der Waals surface area (Å²) in [6, 6.07) is 8.59. The molecule has 0 fully saturated rings. The Balaban J connectivity index is 1.77. The number of hydrogen-bond donors (Lipinski definition) is 2. The van der Waals surface area contributed by atoms with E-state index in [4.69, 9.17) is 18.9 Å². The average Bonchev–Trinajstić information content (AvgIpc) is 2.77. The molecule has 0 saturated carbocycles. The first-order valence-corrected chi connectivity index (χ1v) is 9.51. The summed E-state index contributed by atoms with van der Waals surface area (Å²) in [6.07, 6.45) is 0. The van der Waals surface area contributed by atoms with Crippen LogP contribution in [0.25, 0.3) is 0 Å². The number of rotatable bonds is 7.